The standard InChI is InChI=1S/C15H27N5/c1-4-8-16-14-11-15(19-12(3)18-14)17-9-10-20(5-2)13-6-7-13/h11,13H,4-10H2,1-3H3,(H2,16,17,18,19). The van der Waals surface area contributed by atoms with Gasteiger partial charge in [0.25, 0.3) is 0 Å². The fourth-order valence-corrected chi connectivity index (χ4v) is 2.37. The molecule has 20 heavy (non-hydrogen) atoms. The molecule has 1 aromatic heterocycles. The summed E-state index contributed by atoms with van der Waals surface area (Å²) in [5, 5.41) is 6.73. The Hall–Kier alpha value is -1.36. The second kappa shape index (κ2) is 7.43. The summed E-state index contributed by atoms with van der Waals surface area (Å²) in [5.74, 6) is 2.64. The van der Waals surface area contributed by atoms with Crippen molar-refractivity contribution in [1.82, 2.24) is 14.9 Å². The smallest absolute Gasteiger partial charge is 0.131 e. The maximum absolute atomic E-state index is 4.44. The third-order valence-corrected chi connectivity index (χ3v) is 3.57. The first-order chi connectivity index (χ1) is 9.72. The first-order valence-electron chi connectivity index (χ1n) is 7.80. The molecule has 0 amide bonds. The van der Waals surface area contributed by atoms with Crippen LogP contribution in [0.25, 0.3) is 0 Å². The van der Waals surface area contributed by atoms with E-state index in [4.69, 9.17) is 0 Å². The van der Waals surface area contributed by atoms with E-state index in [0.29, 0.717) is 0 Å². The lowest BCUT2D eigenvalue weighted by Gasteiger charge is -2.20. The Bertz CT molecular complexity index is 417. The second-order valence-electron chi connectivity index (χ2n) is 5.40. The van der Waals surface area contributed by atoms with Crippen molar-refractivity contribution in [2.45, 2.75) is 46.1 Å². The molecule has 0 aromatic carbocycles. The van der Waals surface area contributed by atoms with Gasteiger partial charge in [-0.05, 0) is 32.7 Å². The predicted octanol–water partition coefficient (Wildman–Crippen LogP) is 2.50. The minimum absolute atomic E-state index is 0.808. The largest absolute Gasteiger partial charge is 0.370 e. The molecule has 1 aliphatic rings. The van der Waals surface area contributed by atoms with E-state index in [2.05, 4.69) is 39.3 Å². The molecule has 5 nitrogen and oxygen atoms in total. The van der Waals surface area contributed by atoms with E-state index in [1.165, 1.54) is 12.8 Å². The molecule has 1 heterocycles. The summed E-state index contributed by atoms with van der Waals surface area (Å²) >= 11 is 0. The van der Waals surface area contributed by atoms with Crippen LogP contribution in [0.15, 0.2) is 6.07 Å². The maximum atomic E-state index is 4.44. The molecular weight excluding hydrogens is 250 g/mol. The van der Waals surface area contributed by atoms with Gasteiger partial charge in [-0.2, -0.15) is 0 Å². The highest BCUT2D eigenvalue weighted by molar-refractivity contribution is 5.47. The number of hydrogen-bond donors (Lipinski definition) is 2. The Labute approximate surface area is 122 Å². The predicted molar refractivity (Wildman–Crippen MR) is 84.3 cm³/mol. The second-order valence-corrected chi connectivity index (χ2v) is 5.40. The van der Waals surface area contributed by atoms with E-state index in [0.717, 1.165) is 56.1 Å². The van der Waals surface area contributed by atoms with E-state index in [9.17, 15) is 0 Å². The number of nitrogens with one attached hydrogen (secondary N) is 2. The van der Waals surface area contributed by atoms with Crippen molar-refractivity contribution in [3.8, 4) is 0 Å². The number of rotatable bonds is 9. The summed E-state index contributed by atoms with van der Waals surface area (Å²) < 4.78 is 0. The monoisotopic (exact) mass is 277 g/mol. The lowest BCUT2D eigenvalue weighted by Crippen LogP contribution is -2.31. The van der Waals surface area contributed by atoms with Crippen LogP contribution in [0.5, 0.6) is 0 Å². The van der Waals surface area contributed by atoms with Crippen LogP contribution in [-0.4, -0.2) is 47.1 Å². The lowest BCUT2D eigenvalue weighted by atomic mass is 10.4. The third-order valence-electron chi connectivity index (χ3n) is 3.57. The first-order valence-corrected chi connectivity index (χ1v) is 7.80. The minimum Gasteiger partial charge on any atom is -0.370 e. The molecule has 1 saturated carbocycles. The molecule has 0 atom stereocenters. The molecule has 0 saturated heterocycles. The van der Waals surface area contributed by atoms with Gasteiger partial charge in [-0.15, -0.1) is 0 Å². The van der Waals surface area contributed by atoms with E-state index in [-0.39, 0.29) is 0 Å². The number of aromatic nitrogens is 2. The van der Waals surface area contributed by atoms with Gasteiger partial charge in [0.15, 0.2) is 0 Å². The lowest BCUT2D eigenvalue weighted by molar-refractivity contribution is 0.289. The minimum atomic E-state index is 0.808. The van der Waals surface area contributed by atoms with Crippen LogP contribution in [0, 0.1) is 6.92 Å². The number of aryl methyl sites for hydroxylation is 1. The van der Waals surface area contributed by atoms with Crippen LogP contribution in [-0.2, 0) is 0 Å². The van der Waals surface area contributed by atoms with Gasteiger partial charge in [-0.1, -0.05) is 13.8 Å². The molecule has 0 unspecified atom stereocenters. The summed E-state index contributed by atoms with van der Waals surface area (Å²) in [5.41, 5.74) is 0. The topological polar surface area (TPSA) is 53.1 Å². The zero-order valence-electron chi connectivity index (χ0n) is 12.9. The molecule has 0 radical (unpaired) electrons. The van der Waals surface area contributed by atoms with Gasteiger partial charge >= 0.3 is 0 Å². The zero-order valence-corrected chi connectivity index (χ0v) is 12.9. The van der Waals surface area contributed by atoms with Crippen molar-refractivity contribution >= 4 is 11.6 Å². The van der Waals surface area contributed by atoms with Crippen molar-refractivity contribution in [1.29, 1.82) is 0 Å². The Balaban J connectivity index is 1.83. The van der Waals surface area contributed by atoms with Gasteiger partial charge in [0.05, 0.1) is 0 Å². The quantitative estimate of drug-likeness (QED) is 0.726. The number of nitrogens with zero attached hydrogens (tertiary/aromatic N) is 3. The molecule has 0 bridgehead atoms. The Morgan fingerprint density at radius 1 is 1.15 bits per heavy atom. The molecule has 1 aliphatic carbocycles. The molecule has 5 heteroatoms. The highest BCUT2D eigenvalue weighted by Crippen LogP contribution is 2.26. The van der Waals surface area contributed by atoms with Gasteiger partial charge in [0.1, 0.15) is 17.5 Å². The molecule has 1 aromatic rings. The van der Waals surface area contributed by atoms with Crippen molar-refractivity contribution in [3.63, 3.8) is 0 Å². The summed E-state index contributed by atoms with van der Waals surface area (Å²) in [4.78, 5) is 11.4. The van der Waals surface area contributed by atoms with Crippen molar-refractivity contribution in [3.05, 3.63) is 11.9 Å². The van der Waals surface area contributed by atoms with Crippen LogP contribution in [0.4, 0.5) is 11.6 Å². The van der Waals surface area contributed by atoms with Gasteiger partial charge in [-0.25, -0.2) is 9.97 Å². The summed E-state index contributed by atoms with van der Waals surface area (Å²) in [6.07, 6.45) is 3.83. The van der Waals surface area contributed by atoms with Crippen LogP contribution in [0.1, 0.15) is 38.9 Å². The molecule has 1 fully saturated rings. The average molecular weight is 277 g/mol. The van der Waals surface area contributed by atoms with Crippen LogP contribution >= 0.6 is 0 Å². The fraction of sp³-hybridized carbons (Fsp3) is 0.733. The van der Waals surface area contributed by atoms with Crippen molar-refractivity contribution in [2.24, 2.45) is 0 Å². The van der Waals surface area contributed by atoms with Gasteiger partial charge in [0.2, 0.25) is 0 Å². The highest BCUT2D eigenvalue weighted by atomic mass is 15.2. The Morgan fingerprint density at radius 3 is 2.35 bits per heavy atom. The summed E-state index contributed by atoms with van der Waals surface area (Å²) in [6, 6.07) is 2.83. The summed E-state index contributed by atoms with van der Waals surface area (Å²) in [7, 11) is 0. The first kappa shape index (κ1) is 15.0. The van der Waals surface area contributed by atoms with Crippen molar-refractivity contribution < 1.29 is 0 Å². The molecule has 0 spiro atoms. The van der Waals surface area contributed by atoms with Crippen LogP contribution < -0.4 is 10.6 Å². The van der Waals surface area contributed by atoms with Crippen LogP contribution in [0.2, 0.25) is 0 Å². The third kappa shape index (κ3) is 4.63. The molecule has 2 N–H and O–H groups in total. The van der Waals surface area contributed by atoms with E-state index in [1.54, 1.807) is 0 Å². The number of hydrogen-bond acceptors (Lipinski definition) is 5. The average Bonchev–Trinajstić information content (AvgIpc) is 3.25. The fourth-order valence-electron chi connectivity index (χ4n) is 2.37. The molecular formula is C15H27N5. The van der Waals surface area contributed by atoms with E-state index >= 15 is 0 Å². The van der Waals surface area contributed by atoms with E-state index < -0.39 is 0 Å². The molecule has 112 valence electrons. The maximum Gasteiger partial charge on any atom is 0.131 e. The molecule has 0 aliphatic heterocycles. The van der Waals surface area contributed by atoms with Crippen molar-refractivity contribution in [2.75, 3.05) is 36.8 Å². The zero-order chi connectivity index (χ0) is 14.4. The van der Waals surface area contributed by atoms with Gasteiger partial charge < -0.3 is 10.6 Å². The van der Waals surface area contributed by atoms with Gasteiger partial charge in [-0.3, -0.25) is 4.90 Å². The SMILES string of the molecule is CCCNc1cc(NCCN(CC)C2CC2)nc(C)n1. The Morgan fingerprint density at radius 2 is 1.80 bits per heavy atom. The number of likely N-dealkylation sites (N-methyl/N-ethyl adjacent to an activating group) is 1. The highest BCUT2D eigenvalue weighted by Gasteiger charge is 2.27. The van der Waals surface area contributed by atoms with Gasteiger partial charge in [0, 0.05) is 31.7 Å². The van der Waals surface area contributed by atoms with E-state index in [1.807, 2.05) is 13.0 Å². The van der Waals surface area contributed by atoms with Crippen LogP contribution in [0.3, 0.4) is 0 Å². The number of anilines is 2. The summed E-state index contributed by atoms with van der Waals surface area (Å²) in [6.45, 7) is 10.4. The molecule has 2 rings (SSSR count). The normalized spacial score (nSPS) is 14.6. The Kier molecular flexibility index (Phi) is 5.59.